The third-order valence-electron chi connectivity index (χ3n) is 2.61. The third-order valence-corrected chi connectivity index (χ3v) is 2.81. The fourth-order valence-corrected chi connectivity index (χ4v) is 2.12. The molecule has 0 amide bonds. The summed E-state index contributed by atoms with van der Waals surface area (Å²) in [6.07, 6.45) is 0. The molecule has 6 heteroatoms. The van der Waals surface area contributed by atoms with Gasteiger partial charge >= 0.3 is 0 Å². The van der Waals surface area contributed by atoms with E-state index in [0.717, 1.165) is 23.8 Å². The number of hydrogen-bond donors (Lipinski definition) is 1. The van der Waals surface area contributed by atoms with Crippen molar-refractivity contribution in [3.8, 4) is 11.6 Å². The highest BCUT2D eigenvalue weighted by Gasteiger charge is 2.14. The summed E-state index contributed by atoms with van der Waals surface area (Å²) in [6.45, 7) is 3.58. The fraction of sp³-hybridized carbons (Fsp3) is 0.143. The lowest BCUT2D eigenvalue weighted by Crippen LogP contribution is -2.14. The van der Waals surface area contributed by atoms with Crippen LogP contribution in [0.25, 0.3) is 0 Å². The minimum atomic E-state index is -0.735. The molecular formula is C14H12F2N2OS. The molecule has 3 nitrogen and oxygen atoms in total. The van der Waals surface area contributed by atoms with Crippen molar-refractivity contribution in [3.05, 3.63) is 52.7 Å². The zero-order chi connectivity index (χ0) is 14.9. The summed E-state index contributed by atoms with van der Waals surface area (Å²) in [4.78, 5) is 4.29. The van der Waals surface area contributed by atoms with Crippen LogP contribution in [0.5, 0.6) is 11.6 Å². The molecule has 104 valence electrons. The third kappa shape index (κ3) is 3.08. The van der Waals surface area contributed by atoms with Crippen LogP contribution in [0.3, 0.4) is 0 Å². The molecule has 0 aliphatic rings. The van der Waals surface area contributed by atoms with Crippen molar-refractivity contribution in [1.29, 1.82) is 0 Å². The van der Waals surface area contributed by atoms with E-state index in [2.05, 4.69) is 4.98 Å². The largest absolute Gasteiger partial charge is 0.438 e. The average Bonchev–Trinajstić information content (AvgIpc) is 2.25. The summed E-state index contributed by atoms with van der Waals surface area (Å²) in [5.41, 5.74) is 7.57. The van der Waals surface area contributed by atoms with Crippen LogP contribution in [0.15, 0.2) is 24.3 Å². The van der Waals surface area contributed by atoms with Crippen LogP contribution in [0, 0.1) is 25.5 Å². The van der Waals surface area contributed by atoms with Gasteiger partial charge in [-0.25, -0.2) is 13.8 Å². The van der Waals surface area contributed by atoms with E-state index in [-0.39, 0.29) is 16.6 Å². The fourth-order valence-electron chi connectivity index (χ4n) is 1.88. The van der Waals surface area contributed by atoms with Gasteiger partial charge in [-0.15, -0.1) is 0 Å². The van der Waals surface area contributed by atoms with Gasteiger partial charge in [0.2, 0.25) is 5.88 Å². The standard InChI is InChI=1S/C14H12F2N2OS/c1-7-3-8(2)18-14(12(7)13(17)20)19-11-5-9(15)4-10(16)6-11/h3-6H,1-2H3,(H2,17,20). The molecule has 0 radical (unpaired) electrons. The second kappa shape index (κ2) is 5.50. The summed E-state index contributed by atoms with van der Waals surface area (Å²) in [5.74, 6) is -1.33. The van der Waals surface area contributed by atoms with Gasteiger partial charge in [0.15, 0.2) is 0 Å². The first-order valence-corrected chi connectivity index (χ1v) is 6.19. The lowest BCUT2D eigenvalue weighted by molar-refractivity contribution is 0.449. The molecule has 1 aromatic carbocycles. The van der Waals surface area contributed by atoms with E-state index >= 15 is 0 Å². The van der Waals surface area contributed by atoms with Crippen molar-refractivity contribution in [1.82, 2.24) is 4.98 Å². The van der Waals surface area contributed by atoms with Gasteiger partial charge in [-0.2, -0.15) is 0 Å². The number of rotatable bonds is 3. The second-order valence-electron chi connectivity index (χ2n) is 4.33. The monoisotopic (exact) mass is 294 g/mol. The van der Waals surface area contributed by atoms with Gasteiger partial charge in [0.05, 0.1) is 5.56 Å². The molecule has 0 aliphatic heterocycles. The first-order valence-electron chi connectivity index (χ1n) is 5.79. The van der Waals surface area contributed by atoms with Crippen LogP contribution in [0.4, 0.5) is 8.78 Å². The Morgan fingerprint density at radius 3 is 2.30 bits per heavy atom. The number of ether oxygens (including phenoxy) is 1. The molecule has 1 heterocycles. The molecule has 0 atom stereocenters. The Morgan fingerprint density at radius 2 is 1.75 bits per heavy atom. The second-order valence-corrected chi connectivity index (χ2v) is 4.77. The number of nitrogens with two attached hydrogens (primary N) is 1. The van der Waals surface area contributed by atoms with Crippen LogP contribution in [-0.4, -0.2) is 9.97 Å². The number of benzene rings is 1. The summed E-state index contributed by atoms with van der Waals surface area (Å²) < 4.78 is 31.8. The minimum absolute atomic E-state index is 0.00231. The molecule has 0 saturated heterocycles. The van der Waals surface area contributed by atoms with Gasteiger partial charge in [-0.3, -0.25) is 0 Å². The molecule has 0 saturated carbocycles. The van der Waals surface area contributed by atoms with Gasteiger partial charge in [-0.1, -0.05) is 12.2 Å². The lowest BCUT2D eigenvalue weighted by atomic mass is 10.1. The molecule has 0 bridgehead atoms. The number of thiocarbonyl (C=S) groups is 1. The van der Waals surface area contributed by atoms with Crippen LogP contribution in [0.1, 0.15) is 16.8 Å². The Bertz CT molecular complexity index is 669. The zero-order valence-corrected chi connectivity index (χ0v) is 11.7. The van der Waals surface area contributed by atoms with Crippen molar-refractivity contribution in [3.63, 3.8) is 0 Å². The predicted octanol–water partition coefficient (Wildman–Crippen LogP) is 3.40. The molecule has 0 unspecified atom stereocenters. The highest BCUT2D eigenvalue weighted by atomic mass is 32.1. The summed E-state index contributed by atoms with van der Waals surface area (Å²) >= 11 is 4.96. The van der Waals surface area contributed by atoms with E-state index in [0.29, 0.717) is 11.3 Å². The number of halogens is 2. The van der Waals surface area contributed by atoms with E-state index in [1.807, 2.05) is 6.92 Å². The van der Waals surface area contributed by atoms with E-state index in [1.54, 1.807) is 13.0 Å². The minimum Gasteiger partial charge on any atom is -0.438 e. The Labute approximate surface area is 120 Å². The highest BCUT2D eigenvalue weighted by molar-refractivity contribution is 7.80. The van der Waals surface area contributed by atoms with Crippen molar-refractivity contribution in [2.75, 3.05) is 0 Å². The molecule has 0 fully saturated rings. The van der Waals surface area contributed by atoms with Crippen LogP contribution >= 0.6 is 12.2 Å². The van der Waals surface area contributed by atoms with Gasteiger partial charge in [0, 0.05) is 23.9 Å². The van der Waals surface area contributed by atoms with Crippen molar-refractivity contribution >= 4 is 17.2 Å². The molecule has 2 aromatic rings. The van der Waals surface area contributed by atoms with Crippen molar-refractivity contribution < 1.29 is 13.5 Å². The first-order chi connectivity index (χ1) is 9.36. The highest BCUT2D eigenvalue weighted by Crippen LogP contribution is 2.27. The Balaban J connectivity index is 2.49. The number of pyridine rings is 1. The summed E-state index contributed by atoms with van der Waals surface area (Å²) in [7, 11) is 0. The van der Waals surface area contributed by atoms with E-state index in [9.17, 15) is 8.78 Å². The summed E-state index contributed by atoms with van der Waals surface area (Å²) in [5, 5.41) is 0. The maximum atomic E-state index is 13.2. The van der Waals surface area contributed by atoms with E-state index in [1.165, 1.54) is 0 Å². The molecular weight excluding hydrogens is 282 g/mol. The number of aromatic nitrogens is 1. The van der Waals surface area contributed by atoms with E-state index < -0.39 is 11.6 Å². The normalized spacial score (nSPS) is 10.4. The zero-order valence-electron chi connectivity index (χ0n) is 10.9. The number of aryl methyl sites for hydroxylation is 2. The van der Waals surface area contributed by atoms with Gasteiger partial charge in [0.1, 0.15) is 22.4 Å². The molecule has 0 aliphatic carbocycles. The SMILES string of the molecule is Cc1cc(C)c(C(N)=S)c(Oc2cc(F)cc(F)c2)n1. The van der Waals surface area contributed by atoms with Gasteiger partial charge in [-0.05, 0) is 25.5 Å². The van der Waals surface area contributed by atoms with Gasteiger partial charge in [0.25, 0.3) is 0 Å². The number of hydrogen-bond acceptors (Lipinski definition) is 3. The average molecular weight is 294 g/mol. The topological polar surface area (TPSA) is 48.1 Å². The number of nitrogens with zero attached hydrogens (tertiary/aromatic N) is 1. The van der Waals surface area contributed by atoms with Crippen LogP contribution < -0.4 is 10.5 Å². The Hall–Kier alpha value is -2.08. The van der Waals surface area contributed by atoms with Gasteiger partial charge < -0.3 is 10.5 Å². The Kier molecular flexibility index (Phi) is 3.94. The molecule has 0 spiro atoms. The smallest absolute Gasteiger partial charge is 0.229 e. The first kappa shape index (κ1) is 14.3. The summed E-state index contributed by atoms with van der Waals surface area (Å²) in [6, 6.07) is 4.68. The molecule has 1 aromatic heterocycles. The maximum absolute atomic E-state index is 13.2. The Morgan fingerprint density at radius 1 is 1.15 bits per heavy atom. The van der Waals surface area contributed by atoms with E-state index in [4.69, 9.17) is 22.7 Å². The quantitative estimate of drug-likeness (QED) is 0.881. The van der Waals surface area contributed by atoms with Crippen molar-refractivity contribution in [2.24, 2.45) is 5.73 Å². The lowest BCUT2D eigenvalue weighted by Gasteiger charge is -2.12. The molecule has 2 N–H and O–H groups in total. The maximum Gasteiger partial charge on any atom is 0.229 e. The van der Waals surface area contributed by atoms with Crippen molar-refractivity contribution in [2.45, 2.75) is 13.8 Å². The van der Waals surface area contributed by atoms with Crippen LogP contribution in [0.2, 0.25) is 0 Å². The molecule has 2 rings (SSSR count). The molecule has 20 heavy (non-hydrogen) atoms. The predicted molar refractivity (Wildman–Crippen MR) is 76.0 cm³/mol. The van der Waals surface area contributed by atoms with Crippen LogP contribution in [-0.2, 0) is 0 Å².